The lowest BCUT2D eigenvalue weighted by atomic mass is 9.58. The zero-order valence-corrected chi connectivity index (χ0v) is 48.2. The second-order valence-corrected chi connectivity index (χ2v) is 21.3. The lowest BCUT2D eigenvalue weighted by molar-refractivity contribution is -0.138. The standard InChI is InChI=1S/C24H26Cl2FN3O2.C20H29NO.C8H13NO2.C5H10O.2C2H6/c1-23(22(32)29-15-8-5-7-14(25)13-15)18(16-9-6-10-17(26)19(16)27)20(21(28)31)30-24(23)11-3-2-4-12-24;1-15-8-9-19(14-16(15)2)17-10-12-21(13-11-17)20(22)18-6-4-3-5-7-18;1-2-3-6-4-5-7(10)9-8(6)11;1-2-3-4-5-6;2*1-2/h5-10,13,18,20,30H,2-4,11-12H2,1H3,(H2,28,31)(H,29,32);8-9,14,17-18H,3-7,10-13H2,1-2H3;6H,2-5H2,1H3,(H,9,10,11);5H,2-4H2,1H3;2*1-2H3/t18?,20-,23?;;;;;/m1...../s1. The van der Waals surface area contributed by atoms with Crippen molar-refractivity contribution >= 4 is 64.7 Å². The molecule has 3 aromatic rings. The molecule has 0 aromatic heterocycles. The number of hydrogen-bond acceptors (Lipinski definition) is 7. The molecular weight excluding hydrogens is 989 g/mol. The molecule has 0 radical (unpaired) electrons. The first kappa shape index (κ1) is 64.6. The summed E-state index contributed by atoms with van der Waals surface area (Å²) in [6, 6.07) is 17.4. The number of primary amides is 1. The number of hydrogen-bond donors (Lipinski definition) is 4. The van der Waals surface area contributed by atoms with Crippen LogP contribution in [0.5, 0.6) is 0 Å². The maximum absolute atomic E-state index is 15.3. The number of nitrogens with two attached hydrogens (primary N) is 1. The third kappa shape index (κ3) is 17.7. The van der Waals surface area contributed by atoms with Gasteiger partial charge in [-0.25, -0.2) is 4.39 Å². The highest BCUT2D eigenvalue weighted by molar-refractivity contribution is 6.31. The van der Waals surface area contributed by atoms with E-state index in [1.54, 1.807) is 43.3 Å². The summed E-state index contributed by atoms with van der Waals surface area (Å²) in [6.07, 6.45) is 19.5. The summed E-state index contributed by atoms with van der Waals surface area (Å²) < 4.78 is 15.3. The Morgan fingerprint density at radius 3 is 2.03 bits per heavy atom. The van der Waals surface area contributed by atoms with Crippen molar-refractivity contribution in [2.24, 2.45) is 23.0 Å². The molecule has 4 atom stereocenters. The summed E-state index contributed by atoms with van der Waals surface area (Å²) in [5, 5.41) is 9.12. The Morgan fingerprint density at radius 2 is 1.47 bits per heavy atom. The summed E-state index contributed by atoms with van der Waals surface area (Å²) in [5.74, 6) is -1.14. The minimum Gasteiger partial charge on any atom is -0.368 e. The van der Waals surface area contributed by atoms with Crippen LogP contribution in [0.25, 0.3) is 0 Å². The Morgan fingerprint density at radius 1 is 0.827 bits per heavy atom. The van der Waals surface area contributed by atoms with E-state index < -0.39 is 34.6 Å². The quantitative estimate of drug-likeness (QED) is 0.0842. The van der Waals surface area contributed by atoms with E-state index in [1.807, 2.05) is 34.6 Å². The Hall–Kier alpha value is -4.65. The van der Waals surface area contributed by atoms with Gasteiger partial charge in [0.05, 0.1) is 16.5 Å². The Balaban J connectivity index is 0.000000296. The van der Waals surface area contributed by atoms with Gasteiger partial charge in [-0.15, -0.1) is 0 Å². The molecule has 3 aromatic carbocycles. The van der Waals surface area contributed by atoms with E-state index in [-0.39, 0.29) is 34.2 Å². The normalized spacial score (nSPS) is 22.1. The molecule has 11 nitrogen and oxygen atoms in total. The summed E-state index contributed by atoms with van der Waals surface area (Å²) in [4.78, 5) is 72.6. The minimum atomic E-state index is -1.18. The van der Waals surface area contributed by atoms with Crippen molar-refractivity contribution in [1.29, 1.82) is 0 Å². The highest BCUT2D eigenvalue weighted by Gasteiger charge is 2.66. The molecular formula is C61H90Cl2FN5O6. The zero-order chi connectivity index (χ0) is 55.7. The van der Waals surface area contributed by atoms with Crippen LogP contribution in [0.1, 0.15) is 205 Å². The fourth-order valence-corrected chi connectivity index (χ4v) is 11.7. The number of carbonyl (C=O) groups excluding carboxylic acids is 6. The van der Waals surface area contributed by atoms with E-state index >= 15 is 4.39 Å². The van der Waals surface area contributed by atoms with Gasteiger partial charge in [0, 0.05) is 59.9 Å². The lowest BCUT2D eigenvalue weighted by Gasteiger charge is -2.47. The average molecular weight is 1080 g/mol. The number of carbonyl (C=O) groups is 6. The number of benzene rings is 3. The van der Waals surface area contributed by atoms with Gasteiger partial charge in [-0.3, -0.25) is 34.6 Å². The largest absolute Gasteiger partial charge is 0.368 e. The van der Waals surface area contributed by atoms with Crippen LogP contribution in [0.2, 0.25) is 10.0 Å². The van der Waals surface area contributed by atoms with Gasteiger partial charge < -0.3 is 20.7 Å². The van der Waals surface area contributed by atoms with Crippen LogP contribution < -0.4 is 21.7 Å². The smallest absolute Gasteiger partial charge is 0.235 e. The van der Waals surface area contributed by atoms with Gasteiger partial charge in [0.15, 0.2) is 0 Å². The van der Waals surface area contributed by atoms with Crippen LogP contribution in [-0.4, -0.2) is 65.4 Å². The number of aryl methyl sites for hydroxylation is 2. The molecule has 3 unspecified atom stereocenters. The van der Waals surface area contributed by atoms with E-state index in [0.717, 1.165) is 103 Å². The van der Waals surface area contributed by atoms with Crippen molar-refractivity contribution in [3.05, 3.63) is 98.8 Å². The van der Waals surface area contributed by atoms with Gasteiger partial charge in [0.1, 0.15) is 12.1 Å². The fourth-order valence-electron chi connectivity index (χ4n) is 11.4. The molecule has 3 heterocycles. The van der Waals surface area contributed by atoms with Gasteiger partial charge in [-0.2, -0.15) is 0 Å². The number of imide groups is 1. The Labute approximate surface area is 459 Å². The predicted octanol–water partition coefficient (Wildman–Crippen LogP) is 13.9. The number of unbranched alkanes of at least 4 members (excludes halogenated alkanes) is 2. The number of aldehydes is 1. The SMILES string of the molecule is CC.CC.CC1(C(=O)Nc2cccc(Cl)c2)C(c2cccc(Cl)c2F)[C@H](C(N)=O)NC12CCCCC2.CCCC1CCC(=O)NC1=O.CCCCC=O.Cc1ccc(C2CCN(C(=O)C3CCCCC3)CC2)cc1C. The Bertz CT molecular complexity index is 2290. The Kier molecular flexibility index (Phi) is 28.3. The van der Waals surface area contributed by atoms with Crippen LogP contribution in [0.4, 0.5) is 10.1 Å². The number of rotatable bonds is 11. The topological polar surface area (TPSA) is 168 Å². The maximum atomic E-state index is 15.3. The molecule has 416 valence electrons. The number of likely N-dealkylation sites (tertiary alicyclic amines) is 1. The molecule has 2 aliphatic carbocycles. The first-order valence-electron chi connectivity index (χ1n) is 28.2. The summed E-state index contributed by atoms with van der Waals surface area (Å²) in [5.41, 5.74) is 8.86. The van der Waals surface area contributed by atoms with Crippen molar-refractivity contribution in [2.45, 2.75) is 208 Å². The van der Waals surface area contributed by atoms with Crippen LogP contribution in [0, 0.1) is 36.9 Å². The molecule has 1 spiro atoms. The van der Waals surface area contributed by atoms with E-state index in [9.17, 15) is 28.8 Å². The summed E-state index contributed by atoms with van der Waals surface area (Å²) in [6.45, 7) is 20.2. The number of anilines is 1. The first-order valence-corrected chi connectivity index (χ1v) is 29.0. The highest BCUT2D eigenvalue weighted by atomic mass is 35.5. The molecule has 75 heavy (non-hydrogen) atoms. The van der Waals surface area contributed by atoms with Gasteiger partial charge in [0.2, 0.25) is 29.5 Å². The number of piperidine rings is 2. The molecule has 0 bridgehead atoms. The van der Waals surface area contributed by atoms with Crippen LogP contribution in [-0.2, 0) is 28.8 Å². The third-order valence-corrected chi connectivity index (χ3v) is 16.2. The predicted molar refractivity (Wildman–Crippen MR) is 304 cm³/mol. The molecule has 5 amide bonds. The third-order valence-electron chi connectivity index (χ3n) is 15.7. The first-order chi connectivity index (χ1) is 36.0. The number of amides is 5. The van der Waals surface area contributed by atoms with Crippen LogP contribution in [0.3, 0.4) is 0 Å². The fraction of sp³-hybridized carbons (Fsp3) is 0.607. The number of halogens is 3. The van der Waals surface area contributed by atoms with Crippen molar-refractivity contribution in [1.82, 2.24) is 15.5 Å². The van der Waals surface area contributed by atoms with Gasteiger partial charge in [-0.1, -0.05) is 153 Å². The molecule has 8 rings (SSSR count). The molecule has 3 aliphatic heterocycles. The van der Waals surface area contributed by atoms with E-state index in [4.69, 9.17) is 28.9 Å². The molecule has 5 aliphatic rings. The second kappa shape index (κ2) is 32.8. The van der Waals surface area contributed by atoms with Crippen molar-refractivity contribution < 1.29 is 33.2 Å². The van der Waals surface area contributed by atoms with Crippen molar-refractivity contribution in [2.75, 3.05) is 18.4 Å². The molecule has 3 saturated heterocycles. The monoisotopic (exact) mass is 1080 g/mol. The van der Waals surface area contributed by atoms with Crippen LogP contribution >= 0.6 is 23.2 Å². The molecule has 2 saturated carbocycles. The zero-order valence-electron chi connectivity index (χ0n) is 46.7. The molecule has 14 heteroatoms. The van der Waals surface area contributed by atoms with Crippen molar-refractivity contribution in [3.63, 3.8) is 0 Å². The summed E-state index contributed by atoms with van der Waals surface area (Å²) >= 11 is 12.2. The van der Waals surface area contributed by atoms with Gasteiger partial charge in [-0.05, 0) is 131 Å². The van der Waals surface area contributed by atoms with E-state index in [2.05, 4.69) is 59.8 Å². The second-order valence-electron chi connectivity index (χ2n) is 20.5. The summed E-state index contributed by atoms with van der Waals surface area (Å²) in [7, 11) is 0. The van der Waals surface area contributed by atoms with Gasteiger partial charge >= 0.3 is 0 Å². The van der Waals surface area contributed by atoms with Crippen LogP contribution in [0.15, 0.2) is 60.7 Å². The maximum Gasteiger partial charge on any atom is 0.235 e. The molecule has 5 fully saturated rings. The number of nitrogens with one attached hydrogen (secondary N) is 3. The van der Waals surface area contributed by atoms with Crippen molar-refractivity contribution in [3.8, 4) is 0 Å². The average Bonchev–Trinajstić information content (AvgIpc) is 3.68. The van der Waals surface area contributed by atoms with Gasteiger partial charge in [0.25, 0.3) is 0 Å². The highest BCUT2D eigenvalue weighted by Crippen LogP contribution is 2.58. The van der Waals surface area contributed by atoms with E-state index in [1.165, 1.54) is 42.0 Å². The minimum absolute atomic E-state index is 0.0621. The van der Waals surface area contributed by atoms with E-state index in [0.29, 0.717) is 47.7 Å². The lowest BCUT2D eigenvalue weighted by Crippen LogP contribution is -2.58. The number of nitrogens with zero attached hydrogens (tertiary/aromatic N) is 1. The molecule has 5 N–H and O–H groups in total.